The van der Waals surface area contributed by atoms with Gasteiger partial charge >= 0.3 is 0 Å². The van der Waals surface area contributed by atoms with Crippen molar-refractivity contribution in [3.8, 4) is 11.5 Å². The summed E-state index contributed by atoms with van der Waals surface area (Å²) in [5.41, 5.74) is 3.51. The molecule has 3 heterocycles. The molecule has 32 heavy (non-hydrogen) atoms. The largest absolute Gasteiger partial charge is 0.444 e. The zero-order valence-corrected chi connectivity index (χ0v) is 19.1. The Hall–Kier alpha value is -3.30. The number of aromatic nitrogens is 2. The van der Waals surface area contributed by atoms with Gasteiger partial charge in [-0.05, 0) is 30.5 Å². The number of aryl methyl sites for hydroxylation is 1. The van der Waals surface area contributed by atoms with E-state index in [0.717, 1.165) is 16.1 Å². The maximum absolute atomic E-state index is 12.2. The van der Waals surface area contributed by atoms with Crippen molar-refractivity contribution in [1.82, 2.24) is 15.3 Å². The SMILES string of the molecule is Cc1ccc(-c2nc(CCNC(=O)Cc3csc(NC(=O)Cc4cccs4)n3)co2)cc1. The number of amides is 2. The number of oxazole rings is 1. The van der Waals surface area contributed by atoms with Crippen LogP contribution in [0.5, 0.6) is 0 Å². The van der Waals surface area contributed by atoms with Crippen LogP contribution >= 0.6 is 22.7 Å². The van der Waals surface area contributed by atoms with Crippen LogP contribution in [0.15, 0.2) is 57.8 Å². The number of nitrogens with one attached hydrogen (secondary N) is 2. The van der Waals surface area contributed by atoms with E-state index in [2.05, 4.69) is 20.6 Å². The molecule has 3 aromatic heterocycles. The van der Waals surface area contributed by atoms with E-state index >= 15 is 0 Å². The van der Waals surface area contributed by atoms with Crippen molar-refractivity contribution in [2.24, 2.45) is 0 Å². The summed E-state index contributed by atoms with van der Waals surface area (Å²) in [7, 11) is 0. The van der Waals surface area contributed by atoms with Gasteiger partial charge in [0, 0.05) is 28.8 Å². The van der Waals surface area contributed by atoms with Gasteiger partial charge in [0.25, 0.3) is 0 Å². The molecule has 0 bridgehead atoms. The quantitative estimate of drug-likeness (QED) is 0.384. The summed E-state index contributed by atoms with van der Waals surface area (Å²) in [4.78, 5) is 34.1. The maximum Gasteiger partial charge on any atom is 0.231 e. The first-order valence-corrected chi connectivity index (χ1v) is 11.9. The Labute approximate surface area is 193 Å². The molecule has 4 rings (SSSR count). The van der Waals surface area contributed by atoms with Crippen molar-refractivity contribution < 1.29 is 14.0 Å². The molecule has 0 spiro atoms. The highest BCUT2D eigenvalue weighted by molar-refractivity contribution is 7.14. The molecule has 1 aromatic carbocycles. The Kier molecular flexibility index (Phi) is 7.08. The van der Waals surface area contributed by atoms with E-state index < -0.39 is 0 Å². The van der Waals surface area contributed by atoms with Crippen molar-refractivity contribution >= 4 is 39.6 Å². The third-order valence-electron chi connectivity index (χ3n) is 4.61. The summed E-state index contributed by atoms with van der Waals surface area (Å²) in [5, 5.41) is 9.88. The van der Waals surface area contributed by atoms with E-state index in [1.54, 1.807) is 23.0 Å². The number of rotatable bonds is 9. The average molecular weight is 467 g/mol. The molecular formula is C23H22N4O3S2. The lowest BCUT2D eigenvalue weighted by atomic mass is 10.1. The number of thiazole rings is 1. The Morgan fingerprint density at radius 1 is 1.00 bits per heavy atom. The molecule has 0 unspecified atom stereocenters. The maximum atomic E-state index is 12.2. The minimum atomic E-state index is -0.131. The minimum absolute atomic E-state index is 0.115. The van der Waals surface area contributed by atoms with Crippen LogP contribution in [0.25, 0.3) is 11.5 Å². The van der Waals surface area contributed by atoms with Gasteiger partial charge in [0.05, 0.1) is 24.2 Å². The van der Waals surface area contributed by atoms with Gasteiger partial charge in [0.2, 0.25) is 17.7 Å². The normalized spacial score (nSPS) is 10.8. The molecule has 164 valence electrons. The second kappa shape index (κ2) is 10.3. The Balaban J connectivity index is 1.20. The van der Waals surface area contributed by atoms with Gasteiger partial charge in [-0.2, -0.15) is 0 Å². The molecule has 0 aliphatic carbocycles. The minimum Gasteiger partial charge on any atom is -0.444 e. The molecule has 0 atom stereocenters. The molecule has 0 saturated heterocycles. The third-order valence-corrected chi connectivity index (χ3v) is 6.29. The molecule has 2 amide bonds. The lowest BCUT2D eigenvalue weighted by Crippen LogP contribution is -2.27. The van der Waals surface area contributed by atoms with Gasteiger partial charge in [-0.15, -0.1) is 22.7 Å². The lowest BCUT2D eigenvalue weighted by Gasteiger charge is -2.02. The highest BCUT2D eigenvalue weighted by Crippen LogP contribution is 2.19. The number of hydrogen-bond donors (Lipinski definition) is 2. The van der Waals surface area contributed by atoms with Crippen molar-refractivity contribution in [3.63, 3.8) is 0 Å². The number of thiophene rings is 1. The fourth-order valence-corrected chi connectivity index (χ4v) is 4.42. The van der Waals surface area contributed by atoms with Crippen LogP contribution in [0.1, 0.15) is 21.8 Å². The van der Waals surface area contributed by atoms with Crippen LogP contribution < -0.4 is 10.6 Å². The number of nitrogens with zero attached hydrogens (tertiary/aromatic N) is 2. The van der Waals surface area contributed by atoms with Crippen molar-refractivity contribution in [2.45, 2.75) is 26.2 Å². The highest BCUT2D eigenvalue weighted by Gasteiger charge is 2.11. The zero-order valence-electron chi connectivity index (χ0n) is 17.5. The van der Waals surface area contributed by atoms with Crippen LogP contribution in [0, 0.1) is 6.92 Å². The summed E-state index contributed by atoms with van der Waals surface area (Å²) in [6.45, 7) is 2.48. The Morgan fingerprint density at radius 3 is 2.62 bits per heavy atom. The average Bonchev–Trinajstić information content (AvgIpc) is 3.52. The van der Waals surface area contributed by atoms with E-state index in [9.17, 15) is 9.59 Å². The predicted octanol–water partition coefficient (Wildman–Crippen LogP) is 4.25. The topological polar surface area (TPSA) is 97.1 Å². The number of benzene rings is 1. The monoisotopic (exact) mass is 466 g/mol. The van der Waals surface area contributed by atoms with Gasteiger partial charge in [-0.1, -0.05) is 23.8 Å². The van der Waals surface area contributed by atoms with Crippen molar-refractivity contribution in [1.29, 1.82) is 0 Å². The van der Waals surface area contributed by atoms with Crippen LogP contribution in [0.2, 0.25) is 0 Å². The van der Waals surface area contributed by atoms with E-state index in [-0.39, 0.29) is 18.2 Å². The molecule has 7 nitrogen and oxygen atoms in total. The Bertz CT molecular complexity index is 1180. The zero-order chi connectivity index (χ0) is 22.3. The summed E-state index contributed by atoms with van der Waals surface area (Å²) in [5.74, 6) is 0.326. The number of hydrogen-bond acceptors (Lipinski definition) is 7. The van der Waals surface area contributed by atoms with Gasteiger partial charge in [-0.25, -0.2) is 9.97 Å². The van der Waals surface area contributed by atoms with E-state index in [0.29, 0.717) is 36.1 Å². The number of carbonyl (C=O) groups is 2. The molecule has 4 aromatic rings. The molecular weight excluding hydrogens is 444 g/mol. The molecule has 0 aliphatic heterocycles. The Morgan fingerprint density at radius 2 is 1.84 bits per heavy atom. The third kappa shape index (κ3) is 6.12. The van der Waals surface area contributed by atoms with E-state index in [4.69, 9.17) is 4.42 Å². The molecule has 2 N–H and O–H groups in total. The van der Waals surface area contributed by atoms with Crippen LogP contribution in [-0.4, -0.2) is 28.3 Å². The molecule has 9 heteroatoms. The fourth-order valence-electron chi connectivity index (χ4n) is 2.99. The van der Waals surface area contributed by atoms with Gasteiger partial charge in [0.1, 0.15) is 6.26 Å². The second-order valence-electron chi connectivity index (χ2n) is 7.24. The van der Waals surface area contributed by atoms with Crippen LogP contribution in [-0.2, 0) is 28.9 Å². The second-order valence-corrected chi connectivity index (χ2v) is 9.13. The molecule has 0 saturated carbocycles. The van der Waals surface area contributed by atoms with Crippen LogP contribution in [0.4, 0.5) is 5.13 Å². The van der Waals surface area contributed by atoms with Crippen LogP contribution in [0.3, 0.4) is 0 Å². The molecule has 0 radical (unpaired) electrons. The van der Waals surface area contributed by atoms with E-state index in [1.807, 2.05) is 48.7 Å². The smallest absolute Gasteiger partial charge is 0.231 e. The fraction of sp³-hybridized carbons (Fsp3) is 0.217. The first-order chi connectivity index (χ1) is 15.5. The summed E-state index contributed by atoms with van der Waals surface area (Å²) in [6, 6.07) is 11.8. The predicted molar refractivity (Wildman–Crippen MR) is 126 cm³/mol. The van der Waals surface area contributed by atoms with Gasteiger partial charge in [0.15, 0.2) is 5.13 Å². The molecule has 0 fully saturated rings. The van der Waals surface area contributed by atoms with Gasteiger partial charge < -0.3 is 15.1 Å². The summed E-state index contributed by atoms with van der Waals surface area (Å²) >= 11 is 2.85. The van der Waals surface area contributed by atoms with Crippen molar-refractivity contribution in [2.75, 3.05) is 11.9 Å². The van der Waals surface area contributed by atoms with Gasteiger partial charge in [-0.3, -0.25) is 9.59 Å². The first kappa shape index (κ1) is 21.9. The standard InChI is InChI=1S/C23H22N4O3S2/c1-15-4-6-16(7-5-15)22-25-17(13-30-22)8-9-24-20(28)11-18-14-32-23(26-18)27-21(29)12-19-3-2-10-31-19/h2-7,10,13-14H,8-9,11-12H2,1H3,(H,24,28)(H,26,27,29). The summed E-state index contributed by atoms with van der Waals surface area (Å²) < 4.78 is 5.54. The number of anilines is 1. The highest BCUT2D eigenvalue weighted by atomic mass is 32.1. The lowest BCUT2D eigenvalue weighted by molar-refractivity contribution is -0.120. The van der Waals surface area contributed by atoms with E-state index in [1.165, 1.54) is 16.9 Å². The summed E-state index contributed by atoms with van der Waals surface area (Å²) in [6.07, 6.45) is 2.67. The number of carbonyl (C=O) groups excluding carboxylic acids is 2. The first-order valence-electron chi connectivity index (χ1n) is 10.1. The molecule has 0 aliphatic rings. The van der Waals surface area contributed by atoms with Crippen molar-refractivity contribution in [3.05, 3.63) is 75.2 Å².